The van der Waals surface area contributed by atoms with Gasteiger partial charge in [-0.3, -0.25) is 14.9 Å². The van der Waals surface area contributed by atoms with Gasteiger partial charge in [0, 0.05) is 41.0 Å². The van der Waals surface area contributed by atoms with E-state index in [0.717, 1.165) is 15.0 Å². The molecule has 0 aliphatic rings. The Balaban J connectivity index is 1.71. The highest BCUT2D eigenvalue weighted by molar-refractivity contribution is 9.11. The van der Waals surface area contributed by atoms with Crippen LogP contribution >= 0.6 is 50.5 Å². The zero-order valence-corrected chi connectivity index (χ0v) is 26.3. The van der Waals surface area contributed by atoms with E-state index in [-0.39, 0.29) is 17.8 Å². The first-order valence-corrected chi connectivity index (χ1v) is 14.5. The number of anilines is 3. The molecule has 0 bridgehead atoms. The predicted octanol–water partition coefficient (Wildman–Crippen LogP) is 8.13. The molecule has 4 aromatic rings. The molecule has 0 saturated carbocycles. The molecule has 39 heavy (non-hydrogen) atoms. The number of thiophene rings is 1. The summed E-state index contributed by atoms with van der Waals surface area (Å²) in [5, 5.41) is 10.8. The van der Waals surface area contributed by atoms with Gasteiger partial charge >= 0.3 is 0 Å². The van der Waals surface area contributed by atoms with Gasteiger partial charge in [0.05, 0.1) is 24.9 Å². The number of carbonyl (C=O) groups is 2. The summed E-state index contributed by atoms with van der Waals surface area (Å²) in [7, 11) is 0. The van der Waals surface area contributed by atoms with Crippen molar-refractivity contribution in [2.45, 2.75) is 48.1 Å². The molecule has 0 unspecified atom stereocenters. The van der Waals surface area contributed by atoms with Crippen molar-refractivity contribution in [3.8, 4) is 5.69 Å². The molecule has 1 aromatic carbocycles. The van der Waals surface area contributed by atoms with Crippen LogP contribution in [-0.4, -0.2) is 26.3 Å². The lowest BCUT2D eigenvalue weighted by molar-refractivity contribution is -0.123. The first-order chi connectivity index (χ1) is 18.1. The molecule has 3 aromatic heterocycles. The molecule has 0 spiro atoms. The summed E-state index contributed by atoms with van der Waals surface area (Å²) in [5.74, 6) is 0.00142. The predicted molar refractivity (Wildman–Crippen MR) is 164 cm³/mol. The van der Waals surface area contributed by atoms with E-state index >= 15 is 0 Å². The van der Waals surface area contributed by atoms with Gasteiger partial charge in [-0.25, -0.2) is 4.98 Å². The summed E-state index contributed by atoms with van der Waals surface area (Å²) in [4.78, 5) is 35.3. The van der Waals surface area contributed by atoms with Crippen molar-refractivity contribution in [3.63, 3.8) is 0 Å². The molecule has 0 aliphatic heterocycles. The van der Waals surface area contributed by atoms with Gasteiger partial charge < -0.3 is 15.2 Å². The van der Waals surface area contributed by atoms with Crippen LogP contribution in [-0.2, 0) is 16.1 Å². The summed E-state index contributed by atoms with van der Waals surface area (Å²) in [6.45, 7) is 11.2. The maximum absolute atomic E-state index is 13.0. The van der Waals surface area contributed by atoms with E-state index in [9.17, 15) is 9.59 Å². The molecule has 3 N–H and O–H groups in total. The lowest BCUT2D eigenvalue weighted by Gasteiger charge is -2.20. The fourth-order valence-corrected chi connectivity index (χ4v) is 5.91. The van der Waals surface area contributed by atoms with Gasteiger partial charge in [-0.15, -0.1) is 11.3 Å². The Bertz CT molecular complexity index is 1530. The zero-order valence-electron chi connectivity index (χ0n) is 22.4. The molecule has 12 heteroatoms. The number of nitrogens with zero attached hydrogens (tertiary/aromatic N) is 3. The fraction of sp³-hybridized carbons (Fsp3) is 0.333. The Morgan fingerprint density at radius 3 is 2.08 bits per heavy atom. The third-order valence-electron chi connectivity index (χ3n) is 5.77. The molecule has 2 amide bonds. The Morgan fingerprint density at radius 1 is 0.949 bits per heavy atom. The summed E-state index contributed by atoms with van der Waals surface area (Å²) < 4.78 is 2.67. The van der Waals surface area contributed by atoms with E-state index in [1.807, 2.05) is 62.0 Å². The normalized spacial score (nSPS) is 12.0. The average molecular weight is 652 g/mol. The van der Waals surface area contributed by atoms with Gasteiger partial charge in [-0.2, -0.15) is 4.98 Å². The smallest absolute Gasteiger partial charge is 0.232 e. The van der Waals surface area contributed by atoms with Crippen LogP contribution in [0.5, 0.6) is 0 Å². The number of hydrogen-bond donors (Lipinski definition) is 3. The van der Waals surface area contributed by atoms with Crippen molar-refractivity contribution < 1.29 is 9.59 Å². The SMILES string of the molecule is CC(C)(C)C(=O)Nc1nc(NC(=O)C(C)(C)C)c2c(CNc3cc(Cl)c(-n4cccc4)c(Cl)c3)c(Br)sc2n1. The Kier molecular flexibility index (Phi) is 8.33. The number of benzene rings is 1. The van der Waals surface area contributed by atoms with Gasteiger partial charge in [0.1, 0.15) is 10.6 Å². The van der Waals surface area contributed by atoms with Gasteiger partial charge in [0.2, 0.25) is 17.8 Å². The van der Waals surface area contributed by atoms with Gasteiger partial charge in [-0.05, 0) is 40.2 Å². The van der Waals surface area contributed by atoms with Crippen LogP contribution in [0.2, 0.25) is 10.0 Å². The van der Waals surface area contributed by atoms with E-state index in [1.54, 1.807) is 20.8 Å². The lowest BCUT2D eigenvalue weighted by atomic mass is 9.95. The Labute approximate surface area is 249 Å². The number of rotatable bonds is 6. The standard InChI is InChI=1S/C27H29BrCl2N6O2S/c1-26(2,3)23(37)32-21-18-15(20(28)39-22(18)34-25(33-21)35-24(38)27(4,5)6)13-31-14-11-16(29)19(17(30)12-14)36-9-7-8-10-36/h7-12,31H,13H2,1-6H3,(H2,32,33,34,35,37,38). The molecule has 0 saturated heterocycles. The molecular weight excluding hydrogens is 623 g/mol. The minimum absolute atomic E-state index is 0.124. The van der Waals surface area contributed by atoms with Crippen LogP contribution in [0.25, 0.3) is 15.9 Å². The molecule has 0 atom stereocenters. The lowest BCUT2D eigenvalue weighted by Crippen LogP contribution is -2.30. The number of nitrogens with one attached hydrogen (secondary N) is 3. The molecular formula is C27H29BrCl2N6O2S. The highest BCUT2D eigenvalue weighted by Crippen LogP contribution is 2.40. The van der Waals surface area contributed by atoms with E-state index in [1.165, 1.54) is 11.3 Å². The Hall–Kier alpha value is -2.66. The number of aromatic nitrogens is 3. The molecule has 0 fully saturated rings. The topological polar surface area (TPSA) is 101 Å². The summed E-state index contributed by atoms with van der Waals surface area (Å²) in [5.41, 5.74) is 0.961. The largest absolute Gasteiger partial charge is 0.381 e. The van der Waals surface area contributed by atoms with Crippen molar-refractivity contribution in [1.29, 1.82) is 0 Å². The van der Waals surface area contributed by atoms with Crippen molar-refractivity contribution in [2.75, 3.05) is 16.0 Å². The molecule has 0 radical (unpaired) electrons. The highest BCUT2D eigenvalue weighted by atomic mass is 79.9. The molecule has 3 heterocycles. The second kappa shape index (κ2) is 11.1. The van der Waals surface area contributed by atoms with Crippen molar-refractivity contribution in [3.05, 3.63) is 56.1 Å². The van der Waals surface area contributed by atoms with Crippen molar-refractivity contribution in [2.24, 2.45) is 10.8 Å². The number of amides is 2. The van der Waals surface area contributed by atoms with Crippen LogP contribution in [0, 0.1) is 10.8 Å². The number of halogens is 3. The van der Waals surface area contributed by atoms with Crippen LogP contribution in [0.3, 0.4) is 0 Å². The maximum atomic E-state index is 13.0. The maximum Gasteiger partial charge on any atom is 0.232 e. The number of fused-ring (bicyclic) bond motifs is 1. The average Bonchev–Trinajstić information content (AvgIpc) is 3.43. The second-order valence-electron chi connectivity index (χ2n) is 11.1. The van der Waals surface area contributed by atoms with Crippen LogP contribution < -0.4 is 16.0 Å². The van der Waals surface area contributed by atoms with Crippen molar-refractivity contribution >= 4 is 90.0 Å². The van der Waals surface area contributed by atoms with E-state index in [4.69, 9.17) is 23.2 Å². The third kappa shape index (κ3) is 6.57. The first-order valence-electron chi connectivity index (χ1n) is 12.1. The van der Waals surface area contributed by atoms with E-state index < -0.39 is 10.8 Å². The van der Waals surface area contributed by atoms with Gasteiger partial charge in [-0.1, -0.05) is 64.7 Å². The number of hydrogen-bond acceptors (Lipinski definition) is 6. The molecule has 0 aliphatic carbocycles. The summed E-state index contributed by atoms with van der Waals surface area (Å²) in [6.07, 6.45) is 3.75. The first kappa shape index (κ1) is 29.3. The molecule has 8 nitrogen and oxygen atoms in total. The van der Waals surface area contributed by atoms with E-state index in [2.05, 4.69) is 41.8 Å². The highest BCUT2D eigenvalue weighted by Gasteiger charge is 2.27. The van der Waals surface area contributed by atoms with E-state index in [0.29, 0.717) is 38.3 Å². The molecule has 4 rings (SSSR count). The monoisotopic (exact) mass is 650 g/mol. The van der Waals surface area contributed by atoms with Gasteiger partial charge in [0.15, 0.2) is 0 Å². The second-order valence-corrected chi connectivity index (χ2v) is 14.2. The van der Waals surface area contributed by atoms with Crippen LogP contribution in [0.1, 0.15) is 47.1 Å². The third-order valence-corrected chi connectivity index (χ3v) is 8.22. The van der Waals surface area contributed by atoms with Crippen molar-refractivity contribution in [1.82, 2.24) is 14.5 Å². The summed E-state index contributed by atoms with van der Waals surface area (Å²) in [6, 6.07) is 7.42. The minimum atomic E-state index is -0.660. The summed E-state index contributed by atoms with van der Waals surface area (Å²) >= 11 is 18.2. The van der Waals surface area contributed by atoms with Crippen LogP contribution in [0.15, 0.2) is 40.4 Å². The quantitative estimate of drug-likeness (QED) is 0.195. The molecule has 206 valence electrons. The zero-order chi connectivity index (χ0) is 28.7. The Morgan fingerprint density at radius 2 is 1.51 bits per heavy atom. The van der Waals surface area contributed by atoms with Crippen LogP contribution in [0.4, 0.5) is 17.5 Å². The van der Waals surface area contributed by atoms with Gasteiger partial charge in [0.25, 0.3) is 0 Å². The minimum Gasteiger partial charge on any atom is -0.381 e. The number of carbonyl (C=O) groups excluding carboxylic acids is 2. The fourth-order valence-electron chi connectivity index (χ4n) is 3.51.